The van der Waals surface area contributed by atoms with Crippen molar-refractivity contribution >= 4 is 29.1 Å². The van der Waals surface area contributed by atoms with Crippen molar-refractivity contribution in [2.24, 2.45) is 0 Å². The lowest BCUT2D eigenvalue weighted by atomic mass is 10.1. The molecule has 1 aromatic heterocycles. The Hall–Kier alpha value is -1.40. The van der Waals surface area contributed by atoms with Crippen LogP contribution in [0.25, 0.3) is 0 Å². The summed E-state index contributed by atoms with van der Waals surface area (Å²) in [5, 5.41) is 2.40. The molecule has 2 heterocycles. The number of thiazole rings is 1. The Labute approximate surface area is 130 Å². The fourth-order valence-corrected chi connectivity index (χ4v) is 3.99. The van der Waals surface area contributed by atoms with Crippen molar-refractivity contribution in [3.63, 3.8) is 0 Å². The van der Waals surface area contributed by atoms with Gasteiger partial charge in [0.25, 0.3) is 0 Å². The molecule has 0 unspecified atom stereocenters. The van der Waals surface area contributed by atoms with E-state index in [4.69, 9.17) is 4.74 Å². The van der Waals surface area contributed by atoms with E-state index in [0.717, 1.165) is 17.9 Å². The lowest BCUT2D eigenvalue weighted by molar-refractivity contribution is 0.0350. The lowest BCUT2D eigenvalue weighted by Crippen LogP contribution is -2.17. The van der Waals surface area contributed by atoms with E-state index in [1.807, 2.05) is 0 Å². The molecule has 1 saturated heterocycles. The van der Waals surface area contributed by atoms with Gasteiger partial charge in [0.2, 0.25) is 0 Å². The molecule has 1 aliphatic rings. The summed E-state index contributed by atoms with van der Waals surface area (Å²) >= 11 is 3.15. The van der Waals surface area contributed by atoms with Gasteiger partial charge in [-0.15, -0.1) is 11.3 Å². The fraction of sp³-hybridized carbons (Fsp3) is 0.333. The molecule has 3 rings (SSSR count). The van der Waals surface area contributed by atoms with Crippen molar-refractivity contribution in [2.75, 3.05) is 11.5 Å². The van der Waals surface area contributed by atoms with Gasteiger partial charge in [0.15, 0.2) is 5.69 Å². The Morgan fingerprint density at radius 1 is 1.43 bits per heavy atom. The van der Waals surface area contributed by atoms with Crippen LogP contribution in [0.15, 0.2) is 29.6 Å². The minimum absolute atomic E-state index is 0.000724. The normalized spacial score (nSPS) is 17.9. The molecule has 1 aliphatic heterocycles. The number of nitrogens with zero attached hydrogens (tertiary/aromatic N) is 1. The Bertz CT molecular complexity index is 638. The van der Waals surface area contributed by atoms with Gasteiger partial charge in [-0.1, -0.05) is 18.2 Å². The van der Waals surface area contributed by atoms with Gasteiger partial charge >= 0.3 is 5.97 Å². The lowest BCUT2D eigenvalue weighted by Gasteiger charge is -2.08. The summed E-state index contributed by atoms with van der Waals surface area (Å²) in [6.45, 7) is 0. The molecule has 1 atom stereocenters. The zero-order chi connectivity index (χ0) is 14.7. The first kappa shape index (κ1) is 14.5. The highest BCUT2D eigenvalue weighted by Gasteiger charge is 2.22. The summed E-state index contributed by atoms with van der Waals surface area (Å²) in [7, 11) is 0. The molecule has 1 fully saturated rings. The fourth-order valence-electron chi connectivity index (χ4n) is 2.11. The second kappa shape index (κ2) is 6.58. The van der Waals surface area contributed by atoms with Crippen LogP contribution in [0.5, 0.6) is 0 Å². The van der Waals surface area contributed by atoms with Crippen molar-refractivity contribution in [3.8, 4) is 0 Å². The number of hydrogen-bond donors (Lipinski definition) is 0. The van der Waals surface area contributed by atoms with Crippen LogP contribution in [0.4, 0.5) is 4.39 Å². The van der Waals surface area contributed by atoms with Crippen molar-refractivity contribution < 1.29 is 13.9 Å². The van der Waals surface area contributed by atoms with Crippen LogP contribution in [0.3, 0.4) is 0 Å². The highest BCUT2D eigenvalue weighted by molar-refractivity contribution is 7.99. The van der Waals surface area contributed by atoms with Gasteiger partial charge in [-0.2, -0.15) is 11.8 Å². The molecule has 0 radical (unpaired) electrons. The van der Waals surface area contributed by atoms with Crippen LogP contribution in [0.2, 0.25) is 0 Å². The highest BCUT2D eigenvalue weighted by Crippen LogP contribution is 2.22. The number of rotatable bonds is 4. The number of aromatic nitrogens is 1. The number of halogens is 1. The van der Waals surface area contributed by atoms with Crippen molar-refractivity contribution in [3.05, 3.63) is 51.7 Å². The average Bonchev–Trinajstić information content (AvgIpc) is 3.13. The van der Waals surface area contributed by atoms with Crippen LogP contribution < -0.4 is 0 Å². The molecule has 110 valence electrons. The molecule has 0 spiro atoms. The molecule has 6 heteroatoms. The Kier molecular flexibility index (Phi) is 4.55. The molecule has 21 heavy (non-hydrogen) atoms. The smallest absolute Gasteiger partial charge is 0.358 e. The van der Waals surface area contributed by atoms with Gasteiger partial charge < -0.3 is 4.74 Å². The highest BCUT2D eigenvalue weighted by atomic mass is 32.2. The molecule has 3 nitrogen and oxygen atoms in total. The van der Waals surface area contributed by atoms with Crippen LogP contribution in [0.1, 0.15) is 27.5 Å². The molecule has 1 aromatic carbocycles. The first-order valence-corrected chi connectivity index (χ1v) is 8.72. The molecule has 0 bridgehead atoms. The first-order valence-electron chi connectivity index (χ1n) is 6.69. The molecule has 0 N–H and O–H groups in total. The van der Waals surface area contributed by atoms with Gasteiger partial charge in [0.05, 0.1) is 5.01 Å². The predicted octanol–water partition coefficient (Wildman–Crippen LogP) is 3.54. The zero-order valence-electron chi connectivity index (χ0n) is 11.3. The molecule has 2 aromatic rings. The molecule has 0 amide bonds. The van der Waals surface area contributed by atoms with Gasteiger partial charge in [-0.05, 0) is 23.8 Å². The number of esters is 1. The number of ether oxygens (including phenoxy) is 1. The number of carbonyl (C=O) groups is 1. The third-order valence-corrected chi connectivity index (χ3v) is 5.20. The van der Waals surface area contributed by atoms with Gasteiger partial charge in [-0.3, -0.25) is 0 Å². The van der Waals surface area contributed by atoms with E-state index in [1.54, 1.807) is 35.3 Å². The van der Waals surface area contributed by atoms with E-state index < -0.39 is 0 Å². The van der Waals surface area contributed by atoms with Crippen molar-refractivity contribution in [2.45, 2.75) is 18.9 Å². The third kappa shape index (κ3) is 3.63. The summed E-state index contributed by atoms with van der Waals surface area (Å²) in [5.41, 5.74) is 0.905. The Morgan fingerprint density at radius 2 is 2.29 bits per heavy atom. The third-order valence-electron chi connectivity index (χ3n) is 3.22. The average molecular weight is 323 g/mol. The summed E-state index contributed by atoms with van der Waals surface area (Å²) < 4.78 is 19.0. The number of carbonyl (C=O) groups excluding carboxylic acids is 1. The topological polar surface area (TPSA) is 39.2 Å². The molecule has 0 saturated carbocycles. The molecular formula is C15H14FNO2S2. The Balaban J connectivity index is 1.65. The van der Waals surface area contributed by atoms with E-state index in [-0.39, 0.29) is 17.9 Å². The maximum atomic E-state index is 13.6. The monoisotopic (exact) mass is 323 g/mol. The van der Waals surface area contributed by atoms with E-state index in [0.29, 0.717) is 22.7 Å². The van der Waals surface area contributed by atoms with E-state index in [2.05, 4.69) is 4.98 Å². The number of benzene rings is 1. The summed E-state index contributed by atoms with van der Waals surface area (Å²) in [4.78, 5) is 16.2. The Morgan fingerprint density at radius 3 is 3.05 bits per heavy atom. The quantitative estimate of drug-likeness (QED) is 0.807. The summed E-state index contributed by atoms with van der Waals surface area (Å²) in [5.74, 6) is 1.27. The van der Waals surface area contributed by atoms with Crippen molar-refractivity contribution in [1.82, 2.24) is 4.98 Å². The van der Waals surface area contributed by atoms with Crippen LogP contribution >= 0.6 is 23.1 Å². The van der Waals surface area contributed by atoms with E-state index >= 15 is 0 Å². The van der Waals surface area contributed by atoms with Crippen LogP contribution in [-0.4, -0.2) is 28.6 Å². The minimum atomic E-state index is -0.376. The first-order chi connectivity index (χ1) is 10.2. The van der Waals surface area contributed by atoms with Gasteiger partial charge in [-0.25, -0.2) is 14.2 Å². The standard InChI is InChI=1S/C15H14FNO2S2/c16-12-4-2-1-3-10(12)7-14-17-13(9-21-14)15(18)19-11-5-6-20-8-11/h1-4,9,11H,5-8H2/t11-/m1/s1. The number of hydrogen-bond acceptors (Lipinski definition) is 5. The van der Waals surface area contributed by atoms with Gasteiger partial charge in [0.1, 0.15) is 11.9 Å². The SMILES string of the molecule is O=C(O[C@@H]1CCSC1)c1csc(Cc2ccccc2F)n1. The zero-order valence-corrected chi connectivity index (χ0v) is 12.9. The van der Waals surface area contributed by atoms with Crippen molar-refractivity contribution in [1.29, 1.82) is 0 Å². The maximum Gasteiger partial charge on any atom is 0.358 e. The predicted molar refractivity (Wildman–Crippen MR) is 82.5 cm³/mol. The minimum Gasteiger partial charge on any atom is -0.457 e. The summed E-state index contributed by atoms with van der Waals surface area (Å²) in [6, 6.07) is 6.60. The van der Waals surface area contributed by atoms with E-state index in [1.165, 1.54) is 17.4 Å². The van der Waals surface area contributed by atoms with E-state index in [9.17, 15) is 9.18 Å². The molecule has 0 aliphatic carbocycles. The molecular weight excluding hydrogens is 309 g/mol. The number of thioether (sulfide) groups is 1. The largest absolute Gasteiger partial charge is 0.457 e. The second-order valence-electron chi connectivity index (χ2n) is 4.79. The van der Waals surface area contributed by atoms with Crippen LogP contribution in [-0.2, 0) is 11.2 Å². The summed E-state index contributed by atoms with van der Waals surface area (Å²) in [6.07, 6.45) is 1.30. The van der Waals surface area contributed by atoms with Gasteiger partial charge in [0, 0.05) is 17.6 Å². The maximum absolute atomic E-state index is 13.6. The van der Waals surface area contributed by atoms with Crippen LogP contribution in [0, 0.1) is 5.82 Å². The second-order valence-corrected chi connectivity index (χ2v) is 6.88.